The second-order valence-electron chi connectivity index (χ2n) is 6.38. The summed E-state index contributed by atoms with van der Waals surface area (Å²) in [5.74, 6) is 0.355. The number of hydrogen-bond acceptors (Lipinski definition) is 5. The number of aromatic nitrogens is 3. The fourth-order valence-electron chi connectivity index (χ4n) is 3.48. The molecule has 0 aromatic carbocycles. The predicted octanol–water partition coefficient (Wildman–Crippen LogP) is 1.44. The normalized spacial score (nSPS) is 27.2. The van der Waals surface area contributed by atoms with Gasteiger partial charge < -0.3 is 4.74 Å². The van der Waals surface area contributed by atoms with Crippen LogP contribution in [-0.4, -0.2) is 58.4 Å². The Balaban J connectivity index is 1.59. The van der Waals surface area contributed by atoms with E-state index in [-0.39, 0.29) is 18.1 Å². The van der Waals surface area contributed by atoms with Crippen molar-refractivity contribution in [3.8, 4) is 0 Å². The number of likely N-dealkylation sites (N-methyl/N-ethyl adjacent to an activating group) is 1. The van der Waals surface area contributed by atoms with Crippen molar-refractivity contribution in [1.29, 1.82) is 0 Å². The molecule has 2 fully saturated rings. The van der Waals surface area contributed by atoms with Crippen LogP contribution in [0.5, 0.6) is 0 Å². The van der Waals surface area contributed by atoms with Crippen LogP contribution in [0, 0.1) is 0 Å². The van der Waals surface area contributed by atoms with E-state index in [0.29, 0.717) is 18.4 Å². The average molecular weight is 307 g/mol. The zero-order valence-corrected chi connectivity index (χ0v) is 13.4. The maximum absolute atomic E-state index is 12.4. The van der Waals surface area contributed by atoms with Crippen molar-refractivity contribution in [2.24, 2.45) is 0 Å². The van der Waals surface area contributed by atoms with Crippen LogP contribution in [0.4, 0.5) is 5.95 Å². The summed E-state index contributed by atoms with van der Waals surface area (Å²) < 4.78 is 7.25. The summed E-state index contributed by atoms with van der Waals surface area (Å²) in [5, 5.41) is 7.27. The van der Waals surface area contributed by atoms with Gasteiger partial charge in [0.2, 0.25) is 11.9 Å². The topological polar surface area (TPSA) is 72.3 Å². The molecule has 22 heavy (non-hydrogen) atoms. The molecule has 1 aliphatic carbocycles. The van der Waals surface area contributed by atoms with Gasteiger partial charge in [0.1, 0.15) is 6.33 Å². The van der Waals surface area contributed by atoms with Gasteiger partial charge in [0.25, 0.3) is 0 Å². The molecule has 0 radical (unpaired) electrons. The van der Waals surface area contributed by atoms with E-state index in [1.54, 1.807) is 13.4 Å². The lowest BCUT2D eigenvalue weighted by Gasteiger charge is -2.21. The van der Waals surface area contributed by atoms with Gasteiger partial charge in [-0.1, -0.05) is 19.3 Å². The molecule has 1 aliphatic heterocycles. The highest BCUT2D eigenvalue weighted by atomic mass is 16.5. The fraction of sp³-hybridized carbons (Fsp3) is 0.800. The molecule has 1 aromatic rings. The number of hydrogen-bond donors (Lipinski definition) is 1. The largest absolute Gasteiger partial charge is 0.380 e. The molecule has 2 heterocycles. The number of rotatable bonds is 4. The molecule has 2 atom stereocenters. The van der Waals surface area contributed by atoms with Gasteiger partial charge in [-0.3, -0.25) is 15.0 Å². The third-order valence-electron chi connectivity index (χ3n) is 4.84. The fourth-order valence-corrected chi connectivity index (χ4v) is 3.48. The molecule has 0 unspecified atom stereocenters. The van der Waals surface area contributed by atoms with Crippen LogP contribution in [-0.2, 0) is 9.53 Å². The zero-order chi connectivity index (χ0) is 15.5. The Morgan fingerprint density at radius 1 is 1.36 bits per heavy atom. The summed E-state index contributed by atoms with van der Waals surface area (Å²) in [6.07, 6.45) is 8.67. The smallest absolute Gasteiger partial charge is 0.248 e. The van der Waals surface area contributed by atoms with Crippen LogP contribution in [0.1, 0.15) is 44.6 Å². The lowest BCUT2D eigenvalue weighted by atomic mass is 9.96. The van der Waals surface area contributed by atoms with Crippen LogP contribution in [0.25, 0.3) is 0 Å². The van der Waals surface area contributed by atoms with Gasteiger partial charge in [-0.2, -0.15) is 0 Å². The standard InChI is InChI=1S/C15H25N5O2/c1-19-9-12(22-2)8-13(19)14(21)17-15-16-10-20(18-15)11-6-4-3-5-7-11/h10-13H,3-9H2,1-2H3,(H,17,18,21)/t12-,13-/m0/s1. The number of carbonyl (C=O) groups is 1. The summed E-state index contributed by atoms with van der Waals surface area (Å²) in [5.41, 5.74) is 0. The van der Waals surface area contributed by atoms with E-state index in [0.717, 1.165) is 19.4 Å². The van der Waals surface area contributed by atoms with Crippen molar-refractivity contribution < 1.29 is 9.53 Å². The van der Waals surface area contributed by atoms with Gasteiger partial charge in [0, 0.05) is 13.7 Å². The summed E-state index contributed by atoms with van der Waals surface area (Å²) >= 11 is 0. The second-order valence-corrected chi connectivity index (χ2v) is 6.38. The van der Waals surface area contributed by atoms with E-state index in [9.17, 15) is 4.79 Å². The average Bonchev–Trinajstić information content (AvgIpc) is 3.14. The molecule has 2 aliphatic rings. The maximum Gasteiger partial charge on any atom is 0.248 e. The van der Waals surface area contributed by atoms with Gasteiger partial charge in [-0.15, -0.1) is 5.10 Å². The third-order valence-corrected chi connectivity index (χ3v) is 4.84. The number of carbonyl (C=O) groups excluding carboxylic acids is 1. The highest BCUT2D eigenvalue weighted by molar-refractivity contribution is 5.93. The zero-order valence-electron chi connectivity index (χ0n) is 13.4. The van der Waals surface area contributed by atoms with Crippen molar-refractivity contribution in [2.75, 3.05) is 26.0 Å². The number of nitrogens with one attached hydrogen (secondary N) is 1. The molecule has 1 saturated heterocycles. The second kappa shape index (κ2) is 6.75. The van der Waals surface area contributed by atoms with Crippen molar-refractivity contribution in [1.82, 2.24) is 19.7 Å². The van der Waals surface area contributed by atoms with Crippen LogP contribution < -0.4 is 5.32 Å². The van der Waals surface area contributed by atoms with Crippen molar-refractivity contribution >= 4 is 11.9 Å². The first-order chi connectivity index (χ1) is 10.7. The van der Waals surface area contributed by atoms with Gasteiger partial charge in [0.15, 0.2) is 0 Å². The van der Waals surface area contributed by atoms with E-state index in [2.05, 4.69) is 15.4 Å². The molecule has 1 aromatic heterocycles. The van der Waals surface area contributed by atoms with E-state index >= 15 is 0 Å². The summed E-state index contributed by atoms with van der Waals surface area (Å²) in [6.45, 7) is 0.776. The van der Waals surface area contributed by atoms with E-state index < -0.39 is 0 Å². The molecule has 7 nitrogen and oxygen atoms in total. The Hall–Kier alpha value is -1.47. The first-order valence-corrected chi connectivity index (χ1v) is 8.12. The first kappa shape index (κ1) is 15.4. The molecule has 1 saturated carbocycles. The summed E-state index contributed by atoms with van der Waals surface area (Å²) in [6, 6.07) is 0.255. The third kappa shape index (κ3) is 3.30. The molecule has 1 N–H and O–H groups in total. The molecule has 1 amide bonds. The lowest BCUT2D eigenvalue weighted by molar-refractivity contribution is -0.120. The number of amides is 1. The van der Waals surface area contributed by atoms with Crippen molar-refractivity contribution in [3.05, 3.63) is 6.33 Å². The minimum atomic E-state index is -0.174. The highest BCUT2D eigenvalue weighted by Crippen LogP contribution is 2.27. The van der Waals surface area contributed by atoms with E-state index in [1.807, 2.05) is 16.6 Å². The molecule has 0 spiro atoms. The number of likely N-dealkylation sites (tertiary alicyclic amines) is 1. The number of nitrogens with zero attached hydrogens (tertiary/aromatic N) is 4. The van der Waals surface area contributed by atoms with Gasteiger partial charge >= 0.3 is 0 Å². The van der Waals surface area contributed by atoms with Gasteiger partial charge in [0.05, 0.1) is 18.2 Å². The Bertz CT molecular complexity index is 512. The number of ether oxygens (including phenoxy) is 1. The lowest BCUT2D eigenvalue weighted by Crippen LogP contribution is -2.37. The molecule has 122 valence electrons. The molecule has 7 heteroatoms. The van der Waals surface area contributed by atoms with Crippen molar-refractivity contribution in [3.63, 3.8) is 0 Å². The summed E-state index contributed by atoms with van der Waals surface area (Å²) in [4.78, 5) is 18.6. The van der Waals surface area contributed by atoms with Gasteiger partial charge in [-0.05, 0) is 26.3 Å². The van der Waals surface area contributed by atoms with Gasteiger partial charge in [-0.25, -0.2) is 9.67 Å². The van der Waals surface area contributed by atoms with E-state index in [4.69, 9.17) is 4.74 Å². The quantitative estimate of drug-likeness (QED) is 0.911. The Labute approximate surface area is 131 Å². The van der Waals surface area contributed by atoms with Crippen LogP contribution in [0.3, 0.4) is 0 Å². The van der Waals surface area contributed by atoms with E-state index in [1.165, 1.54) is 19.3 Å². The monoisotopic (exact) mass is 307 g/mol. The minimum Gasteiger partial charge on any atom is -0.380 e. The maximum atomic E-state index is 12.4. The predicted molar refractivity (Wildman–Crippen MR) is 82.6 cm³/mol. The summed E-state index contributed by atoms with van der Waals surface area (Å²) in [7, 11) is 3.63. The first-order valence-electron chi connectivity index (χ1n) is 8.12. The number of anilines is 1. The van der Waals surface area contributed by atoms with Crippen LogP contribution >= 0.6 is 0 Å². The Morgan fingerprint density at radius 2 is 2.14 bits per heavy atom. The SMILES string of the molecule is CO[C@H]1C[C@@H](C(=O)Nc2ncn(C3CCCCC3)n2)N(C)C1. The van der Waals surface area contributed by atoms with Crippen molar-refractivity contribution in [2.45, 2.75) is 56.7 Å². The minimum absolute atomic E-state index is 0.0524. The molecular weight excluding hydrogens is 282 g/mol. The van der Waals surface area contributed by atoms with Crippen LogP contribution in [0.2, 0.25) is 0 Å². The highest BCUT2D eigenvalue weighted by Gasteiger charge is 2.35. The molecule has 3 rings (SSSR count). The molecule has 0 bridgehead atoms. The Morgan fingerprint density at radius 3 is 2.82 bits per heavy atom. The molecular formula is C15H25N5O2. The van der Waals surface area contributed by atoms with Crippen LogP contribution in [0.15, 0.2) is 6.33 Å². The Kier molecular flexibility index (Phi) is 4.73. The number of methoxy groups -OCH3 is 1.